The second-order valence-electron chi connectivity index (χ2n) is 2.19. The second kappa shape index (κ2) is 4.48. The molecule has 0 aliphatic rings. The maximum Gasteiger partial charge on any atom is 0.184 e. The first-order chi connectivity index (χ1) is 6.27. The maximum atomic E-state index is 8.67. The monoisotopic (exact) mass is 194 g/mol. The van der Waals surface area contributed by atoms with Crippen molar-refractivity contribution in [1.29, 1.82) is 5.26 Å². The zero-order valence-corrected chi connectivity index (χ0v) is 7.58. The van der Waals surface area contributed by atoms with Gasteiger partial charge in [-0.05, 0) is 12.1 Å². The maximum absolute atomic E-state index is 8.67. The first-order valence-corrected chi connectivity index (χ1v) is 3.96. The van der Waals surface area contributed by atoms with Crippen LogP contribution in [0.4, 0.5) is 0 Å². The van der Waals surface area contributed by atoms with Crippen LogP contribution in [-0.2, 0) is 0 Å². The molecule has 0 aromatic carbocycles. The second-order valence-corrected chi connectivity index (χ2v) is 2.58. The average Bonchev–Trinajstić information content (AvgIpc) is 2.16. The van der Waals surface area contributed by atoms with E-state index >= 15 is 0 Å². The Morgan fingerprint density at radius 2 is 2.46 bits per heavy atom. The molecule has 0 atom stereocenters. The van der Waals surface area contributed by atoms with Crippen LogP contribution in [0.1, 0.15) is 5.69 Å². The molecule has 0 saturated heterocycles. The summed E-state index contributed by atoms with van der Waals surface area (Å²) in [6.07, 6.45) is 1.59. The van der Waals surface area contributed by atoms with Gasteiger partial charge in [0.15, 0.2) is 11.4 Å². The van der Waals surface area contributed by atoms with Crippen molar-refractivity contribution in [2.75, 3.05) is 6.61 Å². The van der Waals surface area contributed by atoms with E-state index < -0.39 is 0 Å². The molecule has 1 heterocycles. The van der Waals surface area contributed by atoms with Crippen molar-refractivity contribution in [1.82, 2.24) is 4.98 Å². The van der Waals surface area contributed by atoms with Gasteiger partial charge in [0.05, 0.1) is 0 Å². The van der Waals surface area contributed by atoms with Crippen LogP contribution in [0.25, 0.3) is 0 Å². The minimum Gasteiger partial charge on any atom is -0.486 e. The largest absolute Gasteiger partial charge is 0.486 e. The molecule has 1 rings (SSSR count). The summed E-state index contributed by atoms with van der Waals surface area (Å²) in [6, 6.07) is 5.07. The third-order valence-electron chi connectivity index (χ3n) is 1.29. The van der Waals surface area contributed by atoms with Gasteiger partial charge < -0.3 is 4.74 Å². The molecule has 3 nitrogen and oxygen atoms in total. The number of nitrogens with zero attached hydrogens (tertiary/aromatic N) is 2. The molecule has 0 aliphatic heterocycles. The lowest BCUT2D eigenvalue weighted by molar-refractivity contribution is 0.360. The van der Waals surface area contributed by atoms with Crippen molar-refractivity contribution >= 4 is 11.6 Å². The van der Waals surface area contributed by atoms with Crippen LogP contribution in [0, 0.1) is 11.3 Å². The highest BCUT2D eigenvalue weighted by atomic mass is 35.5. The molecule has 0 spiro atoms. The molecule has 0 aliphatic carbocycles. The van der Waals surface area contributed by atoms with Crippen LogP contribution < -0.4 is 4.74 Å². The number of aromatic nitrogens is 1. The molecule has 0 fully saturated rings. The Hall–Kier alpha value is -1.53. The van der Waals surface area contributed by atoms with Crippen LogP contribution in [0.5, 0.6) is 5.75 Å². The van der Waals surface area contributed by atoms with Gasteiger partial charge in [-0.1, -0.05) is 24.3 Å². The summed E-state index contributed by atoms with van der Waals surface area (Å²) in [7, 11) is 0. The summed E-state index contributed by atoms with van der Waals surface area (Å²) in [5.74, 6) is 0.423. The van der Waals surface area contributed by atoms with Crippen LogP contribution in [0.3, 0.4) is 0 Å². The number of rotatable bonds is 3. The van der Waals surface area contributed by atoms with E-state index in [0.29, 0.717) is 12.4 Å². The number of nitriles is 1. The fourth-order valence-electron chi connectivity index (χ4n) is 0.768. The van der Waals surface area contributed by atoms with Crippen molar-refractivity contribution in [3.05, 3.63) is 35.6 Å². The highest BCUT2D eigenvalue weighted by molar-refractivity contribution is 6.29. The van der Waals surface area contributed by atoms with E-state index in [1.165, 1.54) is 0 Å². The molecule has 0 bridgehead atoms. The average molecular weight is 195 g/mol. The summed E-state index contributed by atoms with van der Waals surface area (Å²) in [5.41, 5.74) is 0.189. The first-order valence-electron chi connectivity index (χ1n) is 3.58. The summed E-state index contributed by atoms with van der Waals surface area (Å²) >= 11 is 5.59. The van der Waals surface area contributed by atoms with Gasteiger partial charge in [0, 0.05) is 0 Å². The number of pyridine rings is 1. The summed E-state index contributed by atoms with van der Waals surface area (Å²) in [4.78, 5) is 3.79. The van der Waals surface area contributed by atoms with Crippen molar-refractivity contribution in [2.24, 2.45) is 0 Å². The van der Waals surface area contributed by atoms with Gasteiger partial charge in [-0.3, -0.25) is 0 Å². The van der Waals surface area contributed by atoms with Crippen LogP contribution in [-0.4, -0.2) is 11.6 Å². The topological polar surface area (TPSA) is 45.9 Å². The van der Waals surface area contributed by atoms with Crippen molar-refractivity contribution < 1.29 is 4.74 Å². The van der Waals surface area contributed by atoms with Gasteiger partial charge in [-0.25, -0.2) is 4.98 Å². The zero-order chi connectivity index (χ0) is 9.68. The van der Waals surface area contributed by atoms with Gasteiger partial charge in [0.2, 0.25) is 0 Å². The van der Waals surface area contributed by atoms with E-state index in [-0.39, 0.29) is 10.8 Å². The molecule has 0 amide bonds. The fourth-order valence-corrected chi connectivity index (χ4v) is 0.915. The Labute approximate surface area is 81.2 Å². The molecule has 0 N–H and O–H groups in total. The minimum absolute atomic E-state index is 0.189. The molecule has 13 heavy (non-hydrogen) atoms. The van der Waals surface area contributed by atoms with Crippen molar-refractivity contribution in [3.8, 4) is 11.8 Å². The molecular weight excluding hydrogens is 188 g/mol. The minimum atomic E-state index is 0.189. The van der Waals surface area contributed by atoms with Crippen molar-refractivity contribution in [2.45, 2.75) is 0 Å². The van der Waals surface area contributed by atoms with Gasteiger partial charge in [-0.15, -0.1) is 0 Å². The van der Waals surface area contributed by atoms with Gasteiger partial charge >= 0.3 is 0 Å². The van der Waals surface area contributed by atoms with E-state index in [1.54, 1.807) is 18.2 Å². The molecule has 1 aromatic heterocycles. The molecule has 4 heteroatoms. The standard InChI is InChI=1S/C9H7ClN2O/c1-2-5-13-8-3-4-9(10)12-7(8)6-11/h2-4H,1,5H2. The molecule has 0 unspecified atom stereocenters. The number of ether oxygens (including phenoxy) is 1. The Morgan fingerprint density at radius 1 is 1.69 bits per heavy atom. The molecule has 0 radical (unpaired) electrons. The van der Waals surface area contributed by atoms with Gasteiger partial charge in [0.1, 0.15) is 17.8 Å². The van der Waals surface area contributed by atoms with Crippen LogP contribution in [0.15, 0.2) is 24.8 Å². The number of hydrogen-bond donors (Lipinski definition) is 0. The quantitative estimate of drug-likeness (QED) is 0.547. The number of hydrogen-bond acceptors (Lipinski definition) is 3. The van der Waals surface area contributed by atoms with E-state index in [4.69, 9.17) is 21.6 Å². The van der Waals surface area contributed by atoms with Crippen molar-refractivity contribution in [3.63, 3.8) is 0 Å². The van der Waals surface area contributed by atoms with E-state index in [1.807, 2.05) is 6.07 Å². The predicted octanol–water partition coefficient (Wildman–Crippen LogP) is 2.17. The Kier molecular flexibility index (Phi) is 3.30. The smallest absolute Gasteiger partial charge is 0.184 e. The lowest BCUT2D eigenvalue weighted by atomic mass is 10.3. The van der Waals surface area contributed by atoms with E-state index in [0.717, 1.165) is 0 Å². The third-order valence-corrected chi connectivity index (χ3v) is 1.50. The molecular formula is C9H7ClN2O. The highest BCUT2D eigenvalue weighted by Gasteiger charge is 2.04. The third kappa shape index (κ3) is 2.46. The first kappa shape index (κ1) is 9.56. The predicted molar refractivity (Wildman–Crippen MR) is 49.7 cm³/mol. The van der Waals surface area contributed by atoms with E-state index in [2.05, 4.69) is 11.6 Å². The molecule has 1 aromatic rings. The lowest BCUT2D eigenvalue weighted by Gasteiger charge is -2.03. The molecule has 66 valence electrons. The van der Waals surface area contributed by atoms with Gasteiger partial charge in [0.25, 0.3) is 0 Å². The van der Waals surface area contributed by atoms with Crippen LogP contribution in [0.2, 0.25) is 5.15 Å². The van der Waals surface area contributed by atoms with E-state index in [9.17, 15) is 0 Å². The Balaban J connectivity index is 2.94. The van der Waals surface area contributed by atoms with Crippen LogP contribution >= 0.6 is 11.6 Å². The lowest BCUT2D eigenvalue weighted by Crippen LogP contribution is -1.97. The summed E-state index contributed by atoms with van der Waals surface area (Å²) in [5, 5.41) is 8.95. The normalized spacial score (nSPS) is 8.92. The SMILES string of the molecule is C=CCOc1ccc(Cl)nc1C#N. The highest BCUT2D eigenvalue weighted by Crippen LogP contribution is 2.18. The Bertz CT molecular complexity index is 357. The summed E-state index contributed by atoms with van der Waals surface area (Å²) < 4.78 is 5.17. The van der Waals surface area contributed by atoms with Gasteiger partial charge in [-0.2, -0.15) is 5.26 Å². The Morgan fingerprint density at radius 3 is 3.08 bits per heavy atom. The number of halogens is 1. The summed E-state index contributed by atoms with van der Waals surface area (Å²) in [6.45, 7) is 3.84. The molecule has 0 saturated carbocycles. The fraction of sp³-hybridized carbons (Fsp3) is 0.111. The zero-order valence-electron chi connectivity index (χ0n) is 6.83.